The van der Waals surface area contributed by atoms with Gasteiger partial charge in [-0.1, -0.05) is 40.7 Å². The molecule has 1 aromatic rings. The monoisotopic (exact) mass is 358 g/mol. The number of benzene rings is 1. The van der Waals surface area contributed by atoms with Crippen LogP contribution in [-0.4, -0.2) is 26.5 Å². The number of hydrogen-bond donors (Lipinski definition) is 2. The smallest absolute Gasteiger partial charge is 0.0723 e. The molecule has 1 aromatic carbocycles. The molecule has 0 aliphatic heterocycles. The Morgan fingerprint density at radius 2 is 1.88 bits per heavy atom. The fraction of sp³-hybridized carbons (Fsp3) is 0.500. The van der Waals surface area contributed by atoms with E-state index in [1.807, 2.05) is 34.1 Å². The van der Waals surface area contributed by atoms with Crippen molar-refractivity contribution >= 4 is 17.1 Å². The van der Waals surface area contributed by atoms with E-state index in [9.17, 15) is 0 Å². The number of nitrogens with one attached hydrogen (secondary N) is 2. The summed E-state index contributed by atoms with van der Waals surface area (Å²) in [6.45, 7) is 15.1. The molecule has 0 aliphatic rings. The van der Waals surface area contributed by atoms with E-state index >= 15 is 0 Å². The van der Waals surface area contributed by atoms with Crippen LogP contribution in [0, 0.1) is 5.92 Å². The maximum absolute atomic E-state index is 4.43. The van der Waals surface area contributed by atoms with Gasteiger partial charge < -0.3 is 15.5 Å². The molecule has 0 amide bonds. The number of allylic oxidation sites excluding steroid dienone is 2. The van der Waals surface area contributed by atoms with E-state index in [-0.39, 0.29) is 0 Å². The van der Waals surface area contributed by atoms with Crippen LogP contribution in [0.15, 0.2) is 53.8 Å². The summed E-state index contributed by atoms with van der Waals surface area (Å²) in [4.78, 5) is 6.49. The predicted octanol–water partition coefficient (Wildman–Crippen LogP) is 5.66. The van der Waals surface area contributed by atoms with Gasteiger partial charge in [0.1, 0.15) is 0 Å². The topological polar surface area (TPSA) is 39.7 Å². The lowest BCUT2D eigenvalue weighted by Crippen LogP contribution is -2.26. The van der Waals surface area contributed by atoms with Gasteiger partial charge in [0.2, 0.25) is 0 Å². The first-order valence-electron chi connectivity index (χ1n) is 9.61. The number of anilines is 2. The lowest BCUT2D eigenvalue weighted by Gasteiger charge is -2.20. The Morgan fingerprint density at radius 3 is 2.35 bits per heavy atom. The van der Waals surface area contributed by atoms with Crippen LogP contribution >= 0.6 is 0 Å². The Balaban J connectivity index is 0.00000301. The lowest BCUT2D eigenvalue weighted by atomic mass is 9.99. The maximum Gasteiger partial charge on any atom is 0.0723 e. The van der Waals surface area contributed by atoms with Gasteiger partial charge in [0, 0.05) is 29.8 Å². The van der Waals surface area contributed by atoms with Crippen molar-refractivity contribution in [3.63, 3.8) is 0 Å². The average molecular weight is 359 g/mol. The zero-order valence-corrected chi connectivity index (χ0v) is 17.8. The Labute approximate surface area is 161 Å². The molecule has 0 aromatic heterocycles. The first kappa shape index (κ1) is 23.9. The number of hydrogen-bond acceptors (Lipinski definition) is 4. The zero-order chi connectivity index (χ0) is 19.9. The van der Waals surface area contributed by atoms with Crippen LogP contribution in [-0.2, 0) is 0 Å². The van der Waals surface area contributed by atoms with Crippen molar-refractivity contribution in [3.05, 3.63) is 48.8 Å². The zero-order valence-electron chi connectivity index (χ0n) is 17.8. The molecule has 2 N–H and O–H groups in total. The molecule has 0 saturated carbocycles. The van der Waals surface area contributed by atoms with E-state index in [1.54, 1.807) is 0 Å². The second-order valence-electron chi connectivity index (χ2n) is 6.00. The van der Waals surface area contributed by atoms with Crippen molar-refractivity contribution < 1.29 is 0 Å². The Morgan fingerprint density at radius 1 is 1.27 bits per heavy atom. The molecule has 0 aliphatic carbocycles. The molecule has 1 unspecified atom stereocenters. The van der Waals surface area contributed by atoms with Gasteiger partial charge in [-0.3, -0.25) is 4.99 Å². The first-order chi connectivity index (χ1) is 12.5. The highest BCUT2D eigenvalue weighted by Crippen LogP contribution is 2.19. The third-order valence-corrected chi connectivity index (χ3v) is 3.94. The van der Waals surface area contributed by atoms with E-state index < -0.39 is 0 Å². The Bertz CT molecular complexity index is 558. The third-order valence-electron chi connectivity index (χ3n) is 3.94. The molecule has 4 heteroatoms. The van der Waals surface area contributed by atoms with E-state index in [4.69, 9.17) is 0 Å². The van der Waals surface area contributed by atoms with Gasteiger partial charge in [-0.2, -0.15) is 0 Å². The molecule has 0 heterocycles. The molecule has 0 bridgehead atoms. The summed E-state index contributed by atoms with van der Waals surface area (Å²) >= 11 is 0. The molecule has 4 nitrogen and oxygen atoms in total. The van der Waals surface area contributed by atoms with Crippen molar-refractivity contribution in [1.82, 2.24) is 5.32 Å². The Kier molecular flexibility index (Phi) is 13.0. The number of rotatable bonds is 10. The van der Waals surface area contributed by atoms with Crippen LogP contribution in [0.3, 0.4) is 0 Å². The largest absolute Gasteiger partial charge is 0.359 e. The summed E-state index contributed by atoms with van der Waals surface area (Å²) in [7, 11) is 3.79. The van der Waals surface area contributed by atoms with Crippen molar-refractivity contribution in [2.24, 2.45) is 10.9 Å². The highest BCUT2D eigenvalue weighted by atomic mass is 15.2. The minimum Gasteiger partial charge on any atom is -0.359 e. The second-order valence-corrected chi connectivity index (χ2v) is 6.00. The van der Waals surface area contributed by atoms with E-state index in [0.717, 1.165) is 35.9 Å². The molecule has 0 fully saturated rings. The lowest BCUT2D eigenvalue weighted by molar-refractivity contribution is 0.667. The van der Waals surface area contributed by atoms with Crippen molar-refractivity contribution in [3.8, 4) is 0 Å². The predicted molar refractivity (Wildman–Crippen MR) is 119 cm³/mol. The summed E-state index contributed by atoms with van der Waals surface area (Å²) in [5, 5.41) is 6.57. The fourth-order valence-electron chi connectivity index (χ4n) is 2.66. The quantitative estimate of drug-likeness (QED) is 0.418. The van der Waals surface area contributed by atoms with Crippen molar-refractivity contribution in [1.29, 1.82) is 0 Å². The molecule has 146 valence electrons. The average Bonchev–Trinajstić information content (AvgIpc) is 2.66. The van der Waals surface area contributed by atoms with Crippen LogP contribution in [0.1, 0.15) is 47.5 Å². The SMILES string of the molecule is C=CN(CNC)c1ccc(N/C(C)=C/C(=NC)C(C)CCC)cc1.CC. The molecular formula is C22H38N4. The molecule has 1 atom stereocenters. The van der Waals surface area contributed by atoms with Gasteiger partial charge in [0.15, 0.2) is 0 Å². The fourth-order valence-corrected chi connectivity index (χ4v) is 2.66. The van der Waals surface area contributed by atoms with Gasteiger partial charge in [-0.15, -0.1) is 0 Å². The van der Waals surface area contributed by atoms with E-state index in [2.05, 4.69) is 78.2 Å². The summed E-state index contributed by atoms with van der Waals surface area (Å²) in [5.41, 5.74) is 4.42. The minimum atomic E-state index is 0.488. The van der Waals surface area contributed by atoms with Crippen LogP contribution in [0.4, 0.5) is 11.4 Å². The van der Waals surface area contributed by atoms with Crippen molar-refractivity contribution in [2.75, 3.05) is 31.0 Å². The molecular weight excluding hydrogens is 320 g/mol. The van der Waals surface area contributed by atoms with Crippen LogP contribution < -0.4 is 15.5 Å². The molecule has 0 spiro atoms. The van der Waals surface area contributed by atoms with E-state index in [0.29, 0.717) is 5.92 Å². The standard InChI is InChI=1S/C20H32N4.C2H6/c1-7-9-16(3)20(22-6)14-17(4)23-18-10-12-19(13-11-18)24(8-2)15-21-5;1-2/h8,10-14,16,21,23H,2,7,9,15H2,1,3-6H3;1-2H3/b17-14+,22-20?;. The summed E-state index contributed by atoms with van der Waals surface area (Å²) in [6.07, 6.45) is 6.30. The van der Waals surface area contributed by atoms with Crippen LogP contribution in [0.2, 0.25) is 0 Å². The number of aliphatic imine (C=N–C) groups is 1. The maximum atomic E-state index is 4.43. The molecule has 26 heavy (non-hydrogen) atoms. The van der Waals surface area contributed by atoms with Crippen molar-refractivity contribution in [2.45, 2.75) is 47.5 Å². The Hall–Kier alpha value is -2.07. The summed E-state index contributed by atoms with van der Waals surface area (Å²) < 4.78 is 0. The summed E-state index contributed by atoms with van der Waals surface area (Å²) in [5.74, 6) is 0.488. The van der Waals surface area contributed by atoms with Crippen LogP contribution in [0.25, 0.3) is 0 Å². The number of nitrogens with zero attached hydrogens (tertiary/aromatic N) is 2. The molecule has 0 radical (unpaired) electrons. The minimum absolute atomic E-state index is 0.488. The van der Waals surface area contributed by atoms with Gasteiger partial charge in [-0.25, -0.2) is 0 Å². The summed E-state index contributed by atoms with van der Waals surface area (Å²) in [6, 6.07) is 8.33. The second kappa shape index (κ2) is 14.1. The van der Waals surface area contributed by atoms with Gasteiger partial charge in [0.25, 0.3) is 0 Å². The normalized spacial score (nSPS) is 12.7. The van der Waals surface area contributed by atoms with Gasteiger partial charge >= 0.3 is 0 Å². The molecule has 1 rings (SSSR count). The first-order valence-corrected chi connectivity index (χ1v) is 9.61. The van der Waals surface area contributed by atoms with Crippen LogP contribution in [0.5, 0.6) is 0 Å². The molecule has 0 saturated heterocycles. The van der Waals surface area contributed by atoms with Gasteiger partial charge in [-0.05, 0) is 62.9 Å². The van der Waals surface area contributed by atoms with E-state index in [1.165, 1.54) is 6.42 Å². The third kappa shape index (κ3) is 8.34. The highest BCUT2D eigenvalue weighted by molar-refractivity contribution is 5.97. The highest BCUT2D eigenvalue weighted by Gasteiger charge is 2.07. The van der Waals surface area contributed by atoms with Gasteiger partial charge in [0.05, 0.1) is 6.67 Å².